The van der Waals surface area contributed by atoms with E-state index in [1.807, 2.05) is 7.05 Å². The van der Waals surface area contributed by atoms with E-state index in [1.54, 1.807) is 0 Å². The normalized spacial score (nSPS) is 11.5. The summed E-state index contributed by atoms with van der Waals surface area (Å²) in [6.45, 7) is 1.18. The second-order valence-corrected chi connectivity index (χ2v) is 6.46. The van der Waals surface area contributed by atoms with Crippen molar-refractivity contribution in [3.05, 3.63) is 12.2 Å². The van der Waals surface area contributed by atoms with Crippen molar-refractivity contribution >= 4 is 11.6 Å². The van der Waals surface area contributed by atoms with Gasteiger partial charge >= 0.3 is 0 Å². The minimum atomic E-state index is 0.832. The van der Waals surface area contributed by atoms with Gasteiger partial charge in [0.15, 0.2) is 0 Å². The van der Waals surface area contributed by atoms with Crippen LogP contribution in [-0.2, 0) is 0 Å². The first kappa shape index (κ1) is 21.0. The van der Waals surface area contributed by atoms with Gasteiger partial charge in [-0.2, -0.15) is 0 Å². The second kappa shape index (κ2) is 20.0. The molecule has 0 rings (SSSR count). The molecule has 0 heterocycles. The average Bonchev–Trinajstić information content (AvgIpc) is 2.50. The fourth-order valence-electron chi connectivity index (χ4n) is 2.57. The largest absolute Gasteiger partial charge is 0.320 e. The third-order valence-corrected chi connectivity index (χ3v) is 4.24. The third-order valence-electron chi connectivity index (χ3n) is 3.97. The topological polar surface area (TPSA) is 12.0 Å². The second-order valence-electron chi connectivity index (χ2n) is 6.08. The zero-order valence-corrected chi connectivity index (χ0v) is 15.1. The molecule has 0 aromatic carbocycles. The Morgan fingerprint density at radius 1 is 0.619 bits per heavy atom. The number of nitrogens with one attached hydrogen (secondary N) is 1. The van der Waals surface area contributed by atoms with Crippen LogP contribution in [0.25, 0.3) is 0 Å². The Labute approximate surface area is 138 Å². The lowest BCUT2D eigenvalue weighted by atomic mass is 10.1. The molecule has 0 aromatic heterocycles. The van der Waals surface area contributed by atoms with Gasteiger partial charge in [-0.1, -0.05) is 63.5 Å². The summed E-state index contributed by atoms with van der Waals surface area (Å²) in [6.07, 6.45) is 23.7. The van der Waals surface area contributed by atoms with Crippen LogP contribution >= 0.6 is 11.6 Å². The zero-order valence-electron chi connectivity index (χ0n) is 14.3. The molecule has 1 N–H and O–H groups in total. The van der Waals surface area contributed by atoms with Gasteiger partial charge < -0.3 is 5.32 Å². The Hall–Kier alpha value is -0.0100. The number of unbranched alkanes of at least 4 members (excludes halogenated alkanes) is 12. The van der Waals surface area contributed by atoms with E-state index in [1.165, 1.54) is 96.4 Å². The lowest BCUT2D eigenvalue weighted by molar-refractivity contribution is 0.584. The van der Waals surface area contributed by atoms with Crippen LogP contribution in [0.15, 0.2) is 12.2 Å². The highest BCUT2D eigenvalue weighted by atomic mass is 35.5. The third kappa shape index (κ3) is 20.0. The Morgan fingerprint density at radius 3 is 1.52 bits per heavy atom. The molecule has 0 saturated heterocycles. The maximum atomic E-state index is 5.66. The van der Waals surface area contributed by atoms with Crippen molar-refractivity contribution in [2.75, 3.05) is 19.5 Å². The zero-order chi connectivity index (χ0) is 15.4. The number of halogens is 1. The first-order valence-electron chi connectivity index (χ1n) is 9.27. The summed E-state index contributed by atoms with van der Waals surface area (Å²) < 4.78 is 0. The quantitative estimate of drug-likeness (QED) is 0.184. The van der Waals surface area contributed by atoms with Crippen LogP contribution < -0.4 is 5.32 Å². The summed E-state index contributed by atoms with van der Waals surface area (Å²) >= 11 is 5.66. The Balaban J connectivity index is 3.02. The Morgan fingerprint density at radius 2 is 1.05 bits per heavy atom. The van der Waals surface area contributed by atoms with E-state index in [-0.39, 0.29) is 0 Å². The van der Waals surface area contributed by atoms with E-state index in [0.717, 1.165) is 5.88 Å². The Bertz CT molecular complexity index is 204. The summed E-state index contributed by atoms with van der Waals surface area (Å²) in [7, 11) is 2.04. The van der Waals surface area contributed by atoms with Crippen molar-refractivity contribution in [3.8, 4) is 0 Å². The molecule has 0 aliphatic heterocycles. The van der Waals surface area contributed by atoms with Crippen LogP contribution in [0.3, 0.4) is 0 Å². The van der Waals surface area contributed by atoms with Gasteiger partial charge in [-0.25, -0.2) is 0 Å². The predicted octanol–water partition coefficient (Wildman–Crippen LogP) is 6.46. The van der Waals surface area contributed by atoms with Gasteiger partial charge in [0.05, 0.1) is 0 Å². The molecule has 0 aromatic rings. The fraction of sp³-hybridized carbons (Fsp3) is 0.895. The number of hydrogen-bond donors (Lipinski definition) is 1. The first-order valence-corrected chi connectivity index (χ1v) is 9.81. The monoisotopic (exact) mass is 315 g/mol. The van der Waals surface area contributed by atoms with E-state index in [9.17, 15) is 0 Å². The van der Waals surface area contributed by atoms with Crippen LogP contribution in [0.1, 0.15) is 89.9 Å². The SMILES string of the molecule is CNCCCCCCCC/C=C\CCCCCCCCCl. The molecule has 0 saturated carbocycles. The summed E-state index contributed by atoms with van der Waals surface area (Å²) in [6, 6.07) is 0. The summed E-state index contributed by atoms with van der Waals surface area (Å²) in [5, 5.41) is 3.21. The molecule has 0 aliphatic rings. The number of rotatable bonds is 17. The fourth-order valence-corrected chi connectivity index (χ4v) is 2.76. The lowest BCUT2D eigenvalue weighted by Gasteiger charge is -2.00. The van der Waals surface area contributed by atoms with Gasteiger partial charge in [0.25, 0.3) is 0 Å². The van der Waals surface area contributed by atoms with Gasteiger partial charge in [-0.3, -0.25) is 0 Å². The maximum absolute atomic E-state index is 5.66. The maximum Gasteiger partial charge on any atom is 0.0223 e. The van der Waals surface area contributed by atoms with Crippen molar-refractivity contribution in [2.24, 2.45) is 0 Å². The average molecular weight is 316 g/mol. The van der Waals surface area contributed by atoms with Crippen molar-refractivity contribution < 1.29 is 0 Å². The number of allylic oxidation sites excluding steroid dienone is 2. The van der Waals surface area contributed by atoms with Crippen LogP contribution in [-0.4, -0.2) is 19.5 Å². The molecule has 1 nitrogen and oxygen atoms in total. The van der Waals surface area contributed by atoms with E-state index < -0.39 is 0 Å². The molecular formula is C19H38ClN. The van der Waals surface area contributed by atoms with E-state index >= 15 is 0 Å². The van der Waals surface area contributed by atoms with Crippen molar-refractivity contribution in [2.45, 2.75) is 89.9 Å². The molecule has 0 unspecified atom stereocenters. The lowest BCUT2D eigenvalue weighted by Crippen LogP contribution is -2.06. The van der Waals surface area contributed by atoms with Gasteiger partial charge in [-0.15, -0.1) is 11.6 Å². The van der Waals surface area contributed by atoms with E-state index in [2.05, 4.69) is 17.5 Å². The standard InChI is InChI=1S/C19H38ClN/c1-21-19-17-15-13-11-9-7-5-3-2-4-6-8-10-12-14-16-18-20/h2-3,21H,4-19H2,1H3/b3-2-. The van der Waals surface area contributed by atoms with E-state index in [0.29, 0.717) is 0 Å². The Kier molecular flexibility index (Phi) is 20.0. The minimum Gasteiger partial charge on any atom is -0.320 e. The van der Waals surface area contributed by atoms with Crippen LogP contribution in [0.2, 0.25) is 0 Å². The predicted molar refractivity (Wildman–Crippen MR) is 98.4 cm³/mol. The van der Waals surface area contributed by atoms with Gasteiger partial charge in [0, 0.05) is 5.88 Å². The number of alkyl halides is 1. The molecular weight excluding hydrogens is 278 g/mol. The molecule has 0 bridgehead atoms. The highest BCUT2D eigenvalue weighted by molar-refractivity contribution is 6.17. The highest BCUT2D eigenvalue weighted by Gasteiger charge is 1.91. The molecule has 0 radical (unpaired) electrons. The van der Waals surface area contributed by atoms with Crippen LogP contribution in [0, 0.1) is 0 Å². The number of hydrogen-bond acceptors (Lipinski definition) is 1. The van der Waals surface area contributed by atoms with Gasteiger partial charge in [-0.05, 0) is 52.1 Å². The molecule has 0 spiro atoms. The first-order chi connectivity index (χ1) is 10.4. The van der Waals surface area contributed by atoms with E-state index in [4.69, 9.17) is 11.6 Å². The van der Waals surface area contributed by atoms with Crippen molar-refractivity contribution in [1.29, 1.82) is 0 Å². The van der Waals surface area contributed by atoms with Crippen LogP contribution in [0.5, 0.6) is 0 Å². The van der Waals surface area contributed by atoms with Gasteiger partial charge in [0.2, 0.25) is 0 Å². The highest BCUT2D eigenvalue weighted by Crippen LogP contribution is 2.10. The van der Waals surface area contributed by atoms with Crippen molar-refractivity contribution in [1.82, 2.24) is 5.32 Å². The summed E-state index contributed by atoms with van der Waals surface area (Å²) in [4.78, 5) is 0. The summed E-state index contributed by atoms with van der Waals surface area (Å²) in [5.41, 5.74) is 0. The molecule has 126 valence electrons. The molecule has 0 amide bonds. The molecule has 21 heavy (non-hydrogen) atoms. The van der Waals surface area contributed by atoms with Gasteiger partial charge in [0.1, 0.15) is 0 Å². The summed E-state index contributed by atoms with van der Waals surface area (Å²) in [5.74, 6) is 0.832. The smallest absolute Gasteiger partial charge is 0.0223 e. The molecule has 0 fully saturated rings. The van der Waals surface area contributed by atoms with Crippen molar-refractivity contribution in [3.63, 3.8) is 0 Å². The molecule has 0 aliphatic carbocycles. The molecule has 0 atom stereocenters. The molecule has 2 heteroatoms. The van der Waals surface area contributed by atoms with Crippen LogP contribution in [0.4, 0.5) is 0 Å². The minimum absolute atomic E-state index is 0.832.